The van der Waals surface area contributed by atoms with E-state index in [0.717, 1.165) is 46.4 Å². The van der Waals surface area contributed by atoms with Crippen molar-refractivity contribution in [1.82, 2.24) is 4.98 Å². The largest absolute Gasteiger partial charge is 4.00 e. The number of benzene rings is 5. The second kappa shape index (κ2) is 18.4. The monoisotopic (exact) mass is 776 g/mol. The van der Waals surface area contributed by atoms with Crippen molar-refractivity contribution < 1.29 is 30.2 Å². The summed E-state index contributed by atoms with van der Waals surface area (Å²) in [6, 6.07) is 39.0. The molecule has 5 aromatic carbocycles. The van der Waals surface area contributed by atoms with E-state index in [1.807, 2.05) is 18.2 Å². The van der Waals surface area contributed by atoms with Gasteiger partial charge in [0.15, 0.2) is 0 Å². The molecule has 0 bridgehead atoms. The van der Waals surface area contributed by atoms with Crippen LogP contribution < -0.4 is 0 Å². The molecule has 46 heavy (non-hydrogen) atoms. The van der Waals surface area contributed by atoms with E-state index in [4.69, 9.17) is 10.3 Å². The van der Waals surface area contributed by atoms with E-state index < -0.39 is 0 Å². The van der Waals surface area contributed by atoms with Crippen molar-refractivity contribution in [2.24, 2.45) is 0 Å². The fourth-order valence-electron chi connectivity index (χ4n) is 5.43. The zero-order chi connectivity index (χ0) is 32.2. The minimum atomic E-state index is -0.335. The van der Waals surface area contributed by atoms with E-state index in [1.165, 1.54) is 39.4 Å². The molecule has 4 nitrogen and oxygen atoms in total. The maximum Gasteiger partial charge on any atom is 4.00 e. The van der Waals surface area contributed by atoms with Crippen LogP contribution >= 0.6 is 0 Å². The first-order valence-corrected chi connectivity index (χ1v) is 15.3. The summed E-state index contributed by atoms with van der Waals surface area (Å²) in [7, 11) is 7.00. The number of aryl methyl sites for hydroxylation is 2. The molecule has 0 N–H and O–H groups in total. The minimum Gasteiger partial charge on any atom is -0.673 e. The first kappa shape index (κ1) is 36.8. The number of rotatable bonds is 7. The van der Waals surface area contributed by atoms with Crippen LogP contribution in [0.1, 0.15) is 42.3 Å². The number of aromatic nitrogens is 1. The molecule has 6 heteroatoms. The van der Waals surface area contributed by atoms with Crippen molar-refractivity contribution in [2.75, 3.05) is 28.2 Å². The molecular weight excluding hydrogens is 734 g/mol. The van der Waals surface area contributed by atoms with Crippen molar-refractivity contribution in [3.05, 3.63) is 159 Å². The Morgan fingerprint density at radius 3 is 1.89 bits per heavy atom. The molecule has 0 amide bonds. The summed E-state index contributed by atoms with van der Waals surface area (Å²) in [5.74, 6) is -0.311. The number of pyridine rings is 1. The summed E-state index contributed by atoms with van der Waals surface area (Å²) in [6.07, 6.45) is 1.80. The molecule has 0 aliphatic rings. The van der Waals surface area contributed by atoms with E-state index in [-0.39, 0.29) is 37.7 Å². The number of fused-ring (bicyclic) bond motifs is 3. The number of para-hydroxylation sites is 1. The maximum absolute atomic E-state index is 13.6. The molecule has 6 aromatic rings. The molecule has 0 radical (unpaired) electrons. The summed E-state index contributed by atoms with van der Waals surface area (Å²) >= 11 is 0. The molecule has 1 unspecified atom stereocenters. The van der Waals surface area contributed by atoms with Gasteiger partial charge in [0.2, 0.25) is 0 Å². The molecule has 6 rings (SSSR count). The van der Waals surface area contributed by atoms with Gasteiger partial charge in [-0.25, -0.2) is 0 Å². The first-order valence-electron chi connectivity index (χ1n) is 15.3. The third-order valence-electron chi connectivity index (χ3n) is 7.42. The molecule has 1 aromatic heterocycles. The van der Waals surface area contributed by atoms with E-state index in [2.05, 4.69) is 103 Å². The second-order valence-electron chi connectivity index (χ2n) is 10.7. The van der Waals surface area contributed by atoms with Crippen molar-refractivity contribution >= 4 is 27.2 Å². The molecule has 0 saturated carbocycles. The van der Waals surface area contributed by atoms with Crippen molar-refractivity contribution in [3.63, 3.8) is 0 Å². The molecule has 0 aliphatic heterocycles. The van der Waals surface area contributed by atoms with E-state index in [9.17, 15) is 4.39 Å². The Morgan fingerprint density at radius 2 is 1.28 bits per heavy atom. The Bertz CT molecular complexity index is 1800. The third-order valence-corrected chi connectivity index (χ3v) is 7.42. The average Bonchev–Trinajstić information content (AvgIpc) is 3.08. The van der Waals surface area contributed by atoms with Gasteiger partial charge in [-0.15, -0.1) is 35.5 Å². The quantitative estimate of drug-likeness (QED) is 0.0905. The Labute approximate surface area is 292 Å². The number of hydrogen-bond acceptors (Lipinski definition) is 1. The minimum absolute atomic E-state index is 0. The zero-order valence-electron chi connectivity index (χ0n) is 27.6. The zero-order valence-corrected chi connectivity index (χ0v) is 31.1. The predicted octanol–water partition coefficient (Wildman–Crippen LogP) is 11.2. The van der Waals surface area contributed by atoms with Crippen LogP contribution in [0, 0.1) is 11.9 Å². The number of hydrogen-bond donors (Lipinski definition) is 0. The number of halogens is 1. The summed E-state index contributed by atoms with van der Waals surface area (Å²) in [5.41, 5.74) is 6.97. The van der Waals surface area contributed by atoms with Gasteiger partial charge in [0.25, 0.3) is 0 Å². The van der Waals surface area contributed by atoms with Crippen LogP contribution in [-0.2, 0) is 38.7 Å². The van der Waals surface area contributed by atoms with E-state index in [0.29, 0.717) is 0 Å². The number of nitrogens with zero attached hydrogens (tertiary/aromatic N) is 4. The standard InChI is InChI=1S/C36H29FN2.2C2H6N.Hf/c1-3-24-12-9-13-25(4-2)35(24)39-36(34-18-10-17-33(38-34)26-19-21-28(37)22-20-26)32-23-27-11-5-6-14-29(27)30-15-7-8-16-31(30)32;2*1-3-2;/h5-19,21-23,36H,3-4H2,1-2H3;2*1-2H3;/q-2;2*-1;+4. The molecule has 0 spiro atoms. The summed E-state index contributed by atoms with van der Waals surface area (Å²) in [6.45, 7) is 4.36. The van der Waals surface area contributed by atoms with Gasteiger partial charge in [0.05, 0.1) is 0 Å². The normalized spacial score (nSPS) is 11.0. The molecule has 232 valence electrons. The van der Waals surface area contributed by atoms with Gasteiger partial charge in [-0.05, 0) is 57.8 Å². The van der Waals surface area contributed by atoms with Gasteiger partial charge >= 0.3 is 25.8 Å². The van der Waals surface area contributed by atoms with Gasteiger partial charge in [0, 0.05) is 11.5 Å². The fraction of sp³-hybridized carbons (Fsp3) is 0.225. The topological polar surface area (TPSA) is 55.2 Å². The SMILES string of the molecule is CCc1cccc(CC)c1[N-]C(c1cccc(-c2[c-]cc(F)cc2)n1)c1cc2ccccc2c2ccccc12.C[N-]C.C[N-]C.[Hf+4]. The van der Waals surface area contributed by atoms with Crippen LogP contribution in [0.4, 0.5) is 10.1 Å². The molecular formula is C40H41FHfN4. The van der Waals surface area contributed by atoms with Gasteiger partial charge < -0.3 is 20.9 Å². The summed E-state index contributed by atoms with van der Waals surface area (Å²) in [4.78, 5) is 5.10. The van der Waals surface area contributed by atoms with Gasteiger partial charge in [-0.2, -0.15) is 28.2 Å². The predicted molar refractivity (Wildman–Crippen MR) is 190 cm³/mol. The summed E-state index contributed by atoms with van der Waals surface area (Å²) in [5, 5.41) is 17.3. The van der Waals surface area contributed by atoms with Crippen LogP contribution in [-0.4, -0.2) is 33.2 Å². The van der Waals surface area contributed by atoms with Crippen molar-refractivity contribution in [2.45, 2.75) is 32.7 Å². The Morgan fingerprint density at radius 1 is 0.696 bits per heavy atom. The first-order chi connectivity index (χ1) is 22.0. The molecule has 0 aliphatic carbocycles. The van der Waals surface area contributed by atoms with Crippen LogP contribution in [0.3, 0.4) is 0 Å². The third kappa shape index (κ3) is 8.75. The Hall–Kier alpha value is -3.71. The Kier molecular flexibility index (Phi) is 14.7. The van der Waals surface area contributed by atoms with Crippen LogP contribution in [0.2, 0.25) is 0 Å². The van der Waals surface area contributed by atoms with Crippen LogP contribution in [0.5, 0.6) is 0 Å². The van der Waals surface area contributed by atoms with Crippen LogP contribution in [0.15, 0.2) is 109 Å². The maximum atomic E-state index is 13.6. The molecule has 1 heterocycles. The van der Waals surface area contributed by atoms with Gasteiger partial charge in [0.1, 0.15) is 0 Å². The van der Waals surface area contributed by atoms with E-state index in [1.54, 1.807) is 34.3 Å². The summed E-state index contributed by atoms with van der Waals surface area (Å²) < 4.78 is 13.6. The molecule has 0 fully saturated rings. The Balaban J connectivity index is 0.000000765. The van der Waals surface area contributed by atoms with E-state index >= 15 is 0 Å². The average molecular weight is 775 g/mol. The second-order valence-corrected chi connectivity index (χ2v) is 10.7. The van der Waals surface area contributed by atoms with Gasteiger partial charge in [-0.1, -0.05) is 110 Å². The fourth-order valence-corrected chi connectivity index (χ4v) is 5.43. The van der Waals surface area contributed by atoms with Crippen molar-refractivity contribution in [3.8, 4) is 11.3 Å². The van der Waals surface area contributed by atoms with Crippen LogP contribution in [0.25, 0.3) is 48.8 Å². The molecule has 1 atom stereocenters. The van der Waals surface area contributed by atoms with Crippen molar-refractivity contribution in [1.29, 1.82) is 0 Å². The molecule has 0 saturated heterocycles. The van der Waals surface area contributed by atoms with Gasteiger partial charge in [-0.3, -0.25) is 4.39 Å². The smallest absolute Gasteiger partial charge is 0.673 e.